The second-order valence-corrected chi connectivity index (χ2v) is 3.95. The summed E-state index contributed by atoms with van der Waals surface area (Å²) in [6.07, 6.45) is -2.76. The van der Waals surface area contributed by atoms with Crippen LogP contribution in [0.5, 0.6) is 0 Å². The maximum atomic E-state index is 12.4. The highest BCUT2D eigenvalue weighted by Crippen LogP contribution is 2.30. The van der Waals surface area contributed by atoms with Gasteiger partial charge in [-0.1, -0.05) is 26.0 Å². The average Bonchev–Trinajstić information content (AvgIpc) is 2.17. The summed E-state index contributed by atoms with van der Waals surface area (Å²) in [5, 5.41) is 0. The number of halogens is 3. The lowest BCUT2D eigenvalue weighted by Gasteiger charge is -2.17. The molecule has 88 valence electrons. The van der Waals surface area contributed by atoms with Gasteiger partial charge in [0.05, 0.1) is 0 Å². The van der Waals surface area contributed by atoms with Crippen LogP contribution in [0.15, 0.2) is 30.9 Å². The highest BCUT2D eigenvalue weighted by molar-refractivity contribution is 5.20. The van der Waals surface area contributed by atoms with Gasteiger partial charge in [0.25, 0.3) is 0 Å². The minimum Gasteiger partial charge on any atom is -0.248 e. The minimum atomic E-state index is -4.39. The predicted octanol–water partition coefficient (Wildman–Crippen LogP) is 4.03. The van der Waals surface area contributed by atoms with Crippen LogP contribution in [0, 0.1) is 5.92 Å². The van der Waals surface area contributed by atoms with Crippen molar-refractivity contribution < 1.29 is 13.2 Å². The summed E-state index contributed by atoms with van der Waals surface area (Å²) in [6, 6.07) is 3.95. The van der Waals surface area contributed by atoms with E-state index >= 15 is 0 Å². The van der Waals surface area contributed by atoms with Crippen molar-refractivity contribution in [3.8, 4) is 0 Å². The molecule has 4 heteroatoms. The van der Waals surface area contributed by atoms with E-state index in [9.17, 15) is 13.2 Å². The van der Waals surface area contributed by atoms with Crippen LogP contribution in [-0.4, -0.2) is 4.98 Å². The van der Waals surface area contributed by atoms with Crippen LogP contribution in [0.1, 0.15) is 31.2 Å². The number of hydrogen-bond acceptors (Lipinski definition) is 1. The van der Waals surface area contributed by atoms with Gasteiger partial charge in [0.2, 0.25) is 0 Å². The minimum absolute atomic E-state index is 0.151. The van der Waals surface area contributed by atoms with Gasteiger partial charge in [-0.05, 0) is 18.1 Å². The molecule has 0 unspecified atom stereocenters. The zero-order valence-electron chi connectivity index (χ0n) is 9.25. The fourth-order valence-electron chi connectivity index (χ4n) is 1.53. The topological polar surface area (TPSA) is 12.9 Å². The molecule has 0 aromatic carbocycles. The van der Waals surface area contributed by atoms with Crippen molar-refractivity contribution in [1.29, 1.82) is 0 Å². The molecule has 0 bridgehead atoms. The fourth-order valence-corrected chi connectivity index (χ4v) is 1.53. The molecule has 0 fully saturated rings. The summed E-state index contributed by atoms with van der Waals surface area (Å²) in [7, 11) is 0. The molecule has 0 radical (unpaired) electrons. The second-order valence-electron chi connectivity index (χ2n) is 3.95. The maximum absolute atomic E-state index is 12.4. The monoisotopic (exact) mass is 229 g/mol. The third kappa shape index (κ3) is 2.84. The van der Waals surface area contributed by atoms with E-state index in [4.69, 9.17) is 0 Å². The van der Waals surface area contributed by atoms with Gasteiger partial charge in [0, 0.05) is 11.6 Å². The Balaban J connectivity index is 3.11. The molecular formula is C12H14F3N. The van der Waals surface area contributed by atoms with Crippen LogP contribution in [0.4, 0.5) is 13.2 Å². The SMILES string of the molecule is C=C[C@@H](c1cccc(C(F)(F)F)n1)C(C)C. The number of aromatic nitrogens is 1. The normalized spacial score (nSPS) is 13.9. The molecular weight excluding hydrogens is 215 g/mol. The zero-order chi connectivity index (χ0) is 12.3. The summed E-state index contributed by atoms with van der Waals surface area (Å²) in [5.74, 6) is 0.0239. The Morgan fingerprint density at radius 2 is 1.94 bits per heavy atom. The van der Waals surface area contributed by atoms with Gasteiger partial charge in [-0.25, -0.2) is 4.98 Å². The number of alkyl halides is 3. The molecule has 1 heterocycles. The van der Waals surface area contributed by atoms with Gasteiger partial charge < -0.3 is 0 Å². The number of hydrogen-bond donors (Lipinski definition) is 0. The number of nitrogens with zero attached hydrogens (tertiary/aromatic N) is 1. The van der Waals surface area contributed by atoms with Crippen molar-refractivity contribution in [1.82, 2.24) is 4.98 Å². The quantitative estimate of drug-likeness (QED) is 0.713. The van der Waals surface area contributed by atoms with E-state index in [-0.39, 0.29) is 11.8 Å². The molecule has 0 saturated heterocycles. The van der Waals surface area contributed by atoms with Crippen molar-refractivity contribution in [2.24, 2.45) is 5.92 Å². The van der Waals surface area contributed by atoms with E-state index in [1.807, 2.05) is 13.8 Å². The smallest absolute Gasteiger partial charge is 0.248 e. The molecule has 1 aromatic rings. The molecule has 0 aliphatic rings. The molecule has 0 aliphatic heterocycles. The Morgan fingerprint density at radius 3 is 2.38 bits per heavy atom. The molecule has 0 saturated carbocycles. The molecule has 1 rings (SSSR count). The Bertz CT molecular complexity index is 369. The molecule has 16 heavy (non-hydrogen) atoms. The predicted molar refractivity (Wildman–Crippen MR) is 57.0 cm³/mol. The molecule has 0 amide bonds. The summed E-state index contributed by atoms with van der Waals surface area (Å²) >= 11 is 0. The number of pyridine rings is 1. The van der Waals surface area contributed by atoms with Gasteiger partial charge in [0.15, 0.2) is 0 Å². The van der Waals surface area contributed by atoms with E-state index in [1.54, 1.807) is 12.1 Å². The lowest BCUT2D eigenvalue weighted by molar-refractivity contribution is -0.141. The van der Waals surface area contributed by atoms with E-state index in [1.165, 1.54) is 6.07 Å². The first-order valence-corrected chi connectivity index (χ1v) is 5.03. The maximum Gasteiger partial charge on any atom is 0.433 e. The standard InChI is InChI=1S/C12H14F3N/c1-4-9(8(2)3)10-6-5-7-11(16-10)12(13,14)15/h4-9H,1H2,2-3H3/t9-/m1/s1. The van der Waals surface area contributed by atoms with Crippen molar-refractivity contribution in [2.45, 2.75) is 25.9 Å². The van der Waals surface area contributed by atoms with Crippen LogP contribution >= 0.6 is 0 Å². The van der Waals surface area contributed by atoms with Crippen molar-refractivity contribution in [3.63, 3.8) is 0 Å². The van der Waals surface area contributed by atoms with Gasteiger partial charge in [-0.3, -0.25) is 0 Å². The highest BCUT2D eigenvalue weighted by atomic mass is 19.4. The number of rotatable bonds is 3. The van der Waals surface area contributed by atoms with Crippen LogP contribution in [0.25, 0.3) is 0 Å². The summed E-state index contributed by atoms with van der Waals surface area (Å²) < 4.78 is 37.3. The second kappa shape index (κ2) is 4.68. The van der Waals surface area contributed by atoms with Gasteiger partial charge >= 0.3 is 6.18 Å². The van der Waals surface area contributed by atoms with Crippen LogP contribution in [0.3, 0.4) is 0 Å². The third-order valence-corrected chi connectivity index (χ3v) is 2.37. The average molecular weight is 229 g/mol. The third-order valence-electron chi connectivity index (χ3n) is 2.37. The highest BCUT2D eigenvalue weighted by Gasteiger charge is 2.32. The fraction of sp³-hybridized carbons (Fsp3) is 0.417. The van der Waals surface area contributed by atoms with Crippen LogP contribution in [0.2, 0.25) is 0 Å². The van der Waals surface area contributed by atoms with Gasteiger partial charge in [-0.2, -0.15) is 13.2 Å². The first kappa shape index (κ1) is 12.7. The van der Waals surface area contributed by atoms with Crippen LogP contribution in [-0.2, 0) is 6.18 Å². The van der Waals surface area contributed by atoms with Crippen molar-refractivity contribution in [3.05, 3.63) is 42.2 Å². The Hall–Kier alpha value is -1.32. The first-order chi connectivity index (χ1) is 7.36. The Kier molecular flexibility index (Phi) is 3.73. The van der Waals surface area contributed by atoms with Gasteiger partial charge in [-0.15, -0.1) is 6.58 Å². The van der Waals surface area contributed by atoms with Crippen molar-refractivity contribution in [2.75, 3.05) is 0 Å². The Labute approximate surface area is 93.0 Å². The lowest BCUT2D eigenvalue weighted by atomic mass is 9.92. The molecule has 0 aliphatic carbocycles. The van der Waals surface area contributed by atoms with E-state index in [0.717, 1.165) is 6.07 Å². The molecule has 1 aromatic heterocycles. The summed E-state index contributed by atoms with van der Waals surface area (Å²) in [4.78, 5) is 3.64. The largest absolute Gasteiger partial charge is 0.433 e. The Morgan fingerprint density at radius 1 is 1.31 bits per heavy atom. The summed E-state index contributed by atoms with van der Waals surface area (Å²) in [6.45, 7) is 7.48. The summed E-state index contributed by atoms with van der Waals surface area (Å²) in [5.41, 5.74) is -0.433. The van der Waals surface area contributed by atoms with E-state index in [0.29, 0.717) is 5.69 Å². The molecule has 1 nitrogen and oxygen atoms in total. The number of allylic oxidation sites excluding steroid dienone is 1. The van der Waals surface area contributed by atoms with E-state index < -0.39 is 11.9 Å². The molecule has 1 atom stereocenters. The van der Waals surface area contributed by atoms with Crippen LogP contribution < -0.4 is 0 Å². The molecule has 0 spiro atoms. The molecule has 0 N–H and O–H groups in total. The van der Waals surface area contributed by atoms with Crippen molar-refractivity contribution >= 4 is 0 Å². The van der Waals surface area contributed by atoms with Gasteiger partial charge in [0.1, 0.15) is 5.69 Å². The van der Waals surface area contributed by atoms with E-state index in [2.05, 4.69) is 11.6 Å². The lowest BCUT2D eigenvalue weighted by Crippen LogP contribution is -2.12. The first-order valence-electron chi connectivity index (χ1n) is 5.03. The zero-order valence-corrected chi connectivity index (χ0v) is 9.25.